The van der Waals surface area contributed by atoms with Crippen molar-refractivity contribution in [3.8, 4) is 11.3 Å². The summed E-state index contributed by atoms with van der Waals surface area (Å²) in [6.07, 6.45) is 0.154. The Balaban J connectivity index is 2.48. The molecule has 0 atom stereocenters. The average Bonchev–Trinajstić information content (AvgIpc) is 2.63. The number of nitrogens with zero attached hydrogens (tertiary/aromatic N) is 1. The molecule has 1 aromatic carbocycles. The molecular formula is C13H13BrN2O3. The highest BCUT2D eigenvalue weighted by Gasteiger charge is 2.15. The molecule has 0 amide bonds. The first-order chi connectivity index (χ1) is 8.99. The zero-order valence-corrected chi connectivity index (χ0v) is 11.9. The van der Waals surface area contributed by atoms with Gasteiger partial charge in [-0.05, 0) is 18.6 Å². The number of aliphatic carboxylic acids is 1. The number of hydrogen-bond donors (Lipinski definition) is 2. The first-order valence-electron chi connectivity index (χ1n) is 5.74. The van der Waals surface area contributed by atoms with E-state index in [1.807, 2.05) is 24.3 Å². The smallest absolute Gasteiger partial charge is 0.303 e. The number of hydrogen-bond acceptors (Lipinski definition) is 2. The zero-order valence-electron chi connectivity index (χ0n) is 10.3. The van der Waals surface area contributed by atoms with Crippen molar-refractivity contribution in [3.05, 3.63) is 44.7 Å². The van der Waals surface area contributed by atoms with Crippen LogP contribution in [0.4, 0.5) is 0 Å². The van der Waals surface area contributed by atoms with Gasteiger partial charge in [-0.1, -0.05) is 28.1 Å². The molecule has 0 bridgehead atoms. The van der Waals surface area contributed by atoms with Crippen molar-refractivity contribution in [2.75, 3.05) is 0 Å². The van der Waals surface area contributed by atoms with Crippen LogP contribution in [0.2, 0.25) is 0 Å². The number of aromatic amines is 1. The molecule has 5 nitrogen and oxygen atoms in total. The number of aryl methyl sites for hydroxylation is 1. The van der Waals surface area contributed by atoms with Crippen molar-refractivity contribution < 1.29 is 9.90 Å². The molecular weight excluding hydrogens is 312 g/mol. The number of carboxylic acid groups (broad SMARTS) is 1. The number of H-pyrrole nitrogens is 1. The summed E-state index contributed by atoms with van der Waals surface area (Å²) in [7, 11) is 1.62. The molecule has 0 aliphatic rings. The molecule has 19 heavy (non-hydrogen) atoms. The van der Waals surface area contributed by atoms with Crippen LogP contribution in [0, 0.1) is 0 Å². The molecule has 0 spiro atoms. The van der Waals surface area contributed by atoms with Crippen LogP contribution >= 0.6 is 15.9 Å². The largest absolute Gasteiger partial charge is 0.481 e. The second kappa shape index (κ2) is 5.44. The van der Waals surface area contributed by atoms with Crippen LogP contribution < -0.4 is 5.56 Å². The molecule has 6 heteroatoms. The quantitative estimate of drug-likeness (QED) is 0.904. The van der Waals surface area contributed by atoms with Gasteiger partial charge in [-0.2, -0.15) is 0 Å². The molecule has 0 saturated carbocycles. The monoisotopic (exact) mass is 324 g/mol. The van der Waals surface area contributed by atoms with E-state index in [0.717, 1.165) is 10.0 Å². The predicted molar refractivity (Wildman–Crippen MR) is 75.1 cm³/mol. The molecule has 0 aliphatic heterocycles. The van der Waals surface area contributed by atoms with E-state index >= 15 is 0 Å². The van der Waals surface area contributed by atoms with Gasteiger partial charge in [0.25, 0.3) is 5.56 Å². The van der Waals surface area contributed by atoms with Crippen LogP contribution in [0.5, 0.6) is 0 Å². The van der Waals surface area contributed by atoms with Gasteiger partial charge in [0.05, 0.1) is 5.69 Å². The van der Waals surface area contributed by atoms with Crippen molar-refractivity contribution in [3.63, 3.8) is 0 Å². The van der Waals surface area contributed by atoms with Crippen molar-refractivity contribution in [2.24, 2.45) is 7.05 Å². The third-order valence-corrected chi connectivity index (χ3v) is 3.34. The van der Waals surface area contributed by atoms with Crippen LogP contribution in [0.3, 0.4) is 0 Å². The van der Waals surface area contributed by atoms with Crippen LogP contribution in [0.1, 0.15) is 12.0 Å². The fourth-order valence-electron chi connectivity index (χ4n) is 1.94. The summed E-state index contributed by atoms with van der Waals surface area (Å²) in [6.45, 7) is 0. The third kappa shape index (κ3) is 2.96. The second-order valence-electron chi connectivity index (χ2n) is 4.23. The Labute approximate surface area is 118 Å². The maximum absolute atomic E-state index is 12.0. The number of nitrogens with one attached hydrogen (secondary N) is 1. The number of aromatic nitrogens is 2. The maximum atomic E-state index is 12.0. The molecule has 1 heterocycles. The number of halogens is 1. The minimum Gasteiger partial charge on any atom is -0.481 e. The SMILES string of the molecule is Cn1[nH]c(-c2cccc(Br)c2)c(CCC(=O)O)c1=O. The summed E-state index contributed by atoms with van der Waals surface area (Å²) >= 11 is 3.38. The first-order valence-corrected chi connectivity index (χ1v) is 6.54. The van der Waals surface area contributed by atoms with E-state index in [-0.39, 0.29) is 18.4 Å². The molecule has 0 radical (unpaired) electrons. The lowest BCUT2D eigenvalue weighted by atomic mass is 10.0. The number of benzene rings is 1. The van der Waals surface area contributed by atoms with Crippen molar-refractivity contribution >= 4 is 21.9 Å². The molecule has 1 aromatic heterocycles. The standard InChI is InChI=1S/C13H13BrN2O3/c1-16-13(19)10(5-6-11(17)18)12(15-16)8-3-2-4-9(14)7-8/h2-4,7,15H,5-6H2,1H3,(H,17,18). The van der Waals surface area contributed by atoms with Crippen molar-refractivity contribution in [1.82, 2.24) is 9.78 Å². The fraction of sp³-hybridized carbons (Fsp3) is 0.231. The van der Waals surface area contributed by atoms with Gasteiger partial charge < -0.3 is 5.11 Å². The molecule has 100 valence electrons. The minimum atomic E-state index is -0.913. The van der Waals surface area contributed by atoms with Crippen LogP contribution in [-0.4, -0.2) is 20.9 Å². The Morgan fingerprint density at radius 3 is 2.84 bits per heavy atom. The summed E-state index contributed by atoms with van der Waals surface area (Å²) in [5.41, 5.74) is 1.85. The third-order valence-electron chi connectivity index (χ3n) is 2.85. The van der Waals surface area contributed by atoms with Crippen molar-refractivity contribution in [2.45, 2.75) is 12.8 Å². The van der Waals surface area contributed by atoms with E-state index in [1.165, 1.54) is 4.68 Å². The number of carboxylic acids is 1. The predicted octanol–water partition coefficient (Wildman–Crippen LogP) is 2.16. The maximum Gasteiger partial charge on any atom is 0.303 e. The van der Waals surface area contributed by atoms with Crippen LogP contribution in [0.25, 0.3) is 11.3 Å². The van der Waals surface area contributed by atoms with Crippen molar-refractivity contribution in [1.29, 1.82) is 0 Å². The van der Waals surface area contributed by atoms with E-state index in [9.17, 15) is 9.59 Å². The molecule has 0 saturated heterocycles. The Morgan fingerprint density at radius 2 is 2.21 bits per heavy atom. The van der Waals surface area contributed by atoms with E-state index < -0.39 is 5.97 Å². The first kappa shape index (κ1) is 13.6. The van der Waals surface area contributed by atoms with E-state index in [4.69, 9.17) is 5.11 Å². The summed E-state index contributed by atoms with van der Waals surface area (Å²) in [6, 6.07) is 7.52. The highest BCUT2D eigenvalue weighted by molar-refractivity contribution is 9.10. The lowest BCUT2D eigenvalue weighted by Gasteiger charge is -2.02. The Kier molecular flexibility index (Phi) is 3.90. The normalized spacial score (nSPS) is 10.6. The van der Waals surface area contributed by atoms with Gasteiger partial charge >= 0.3 is 5.97 Å². The highest BCUT2D eigenvalue weighted by Crippen LogP contribution is 2.23. The van der Waals surface area contributed by atoms with Gasteiger partial charge in [-0.3, -0.25) is 19.4 Å². The summed E-state index contributed by atoms with van der Waals surface area (Å²) in [5.74, 6) is -0.913. The van der Waals surface area contributed by atoms with Gasteiger partial charge in [0, 0.05) is 29.1 Å². The summed E-state index contributed by atoms with van der Waals surface area (Å²) < 4.78 is 2.27. The Morgan fingerprint density at radius 1 is 1.47 bits per heavy atom. The highest BCUT2D eigenvalue weighted by atomic mass is 79.9. The van der Waals surface area contributed by atoms with E-state index in [2.05, 4.69) is 21.0 Å². The lowest BCUT2D eigenvalue weighted by Crippen LogP contribution is -2.16. The van der Waals surface area contributed by atoms with Gasteiger partial charge in [0.2, 0.25) is 0 Å². The summed E-state index contributed by atoms with van der Waals surface area (Å²) in [5, 5.41) is 11.7. The van der Waals surface area contributed by atoms with Gasteiger partial charge in [-0.25, -0.2) is 0 Å². The second-order valence-corrected chi connectivity index (χ2v) is 5.15. The molecule has 2 rings (SSSR count). The zero-order chi connectivity index (χ0) is 14.0. The van der Waals surface area contributed by atoms with Gasteiger partial charge in [0.1, 0.15) is 0 Å². The molecule has 2 N–H and O–H groups in total. The van der Waals surface area contributed by atoms with Gasteiger partial charge in [-0.15, -0.1) is 0 Å². The topological polar surface area (TPSA) is 75.1 Å². The summed E-state index contributed by atoms with van der Waals surface area (Å²) in [4.78, 5) is 22.7. The van der Waals surface area contributed by atoms with Gasteiger partial charge in [0.15, 0.2) is 0 Å². The molecule has 2 aromatic rings. The van der Waals surface area contributed by atoms with E-state index in [1.54, 1.807) is 7.05 Å². The lowest BCUT2D eigenvalue weighted by molar-refractivity contribution is -0.136. The fourth-order valence-corrected chi connectivity index (χ4v) is 2.34. The minimum absolute atomic E-state index is 0.0614. The molecule has 0 unspecified atom stereocenters. The Bertz CT molecular complexity index is 673. The van der Waals surface area contributed by atoms with E-state index in [0.29, 0.717) is 11.3 Å². The molecule has 0 fully saturated rings. The Hall–Kier alpha value is -1.82. The van der Waals surface area contributed by atoms with Crippen LogP contribution in [0.15, 0.2) is 33.5 Å². The molecule has 0 aliphatic carbocycles. The average molecular weight is 325 g/mol. The number of rotatable bonds is 4. The number of carbonyl (C=O) groups is 1. The van der Waals surface area contributed by atoms with Crippen LogP contribution in [-0.2, 0) is 18.3 Å².